The fourth-order valence-electron chi connectivity index (χ4n) is 6.43. The number of nitrogens with one attached hydrogen (secondary N) is 1. The molecule has 38 heavy (non-hydrogen) atoms. The van der Waals surface area contributed by atoms with E-state index in [1.165, 1.54) is 10.7 Å². The average Bonchev–Trinajstić information content (AvgIpc) is 3.40. The predicted octanol–water partition coefficient (Wildman–Crippen LogP) is 3.41. The smallest absolute Gasteiger partial charge is 0.274 e. The summed E-state index contributed by atoms with van der Waals surface area (Å²) in [5.41, 5.74) is 8.72. The molecule has 0 radical (unpaired) electrons. The second-order valence-electron chi connectivity index (χ2n) is 10.1. The SMILES string of the molecule is Cn1ncc2c(Cl)c(-c3n[nH]c4nc(N5CC[C@@H]6[C@H](C5)[C@@]6(CN)c5ccccc5F)cnc34)ccc2c1=O. The lowest BCUT2D eigenvalue weighted by Crippen LogP contribution is -2.32. The van der Waals surface area contributed by atoms with Crippen molar-refractivity contribution in [3.8, 4) is 11.3 Å². The van der Waals surface area contributed by atoms with Crippen molar-refractivity contribution in [2.45, 2.75) is 11.8 Å². The first-order valence-electron chi connectivity index (χ1n) is 12.5. The standard InChI is InChI=1S/C27H24ClFN8O/c1-36-26(38)14-6-7-15(22(28)16(14)10-32-36)23-24-25(35-34-23)33-21(11-31-24)37-9-8-17-19(12-37)27(17,13-30)18-4-2-3-5-20(18)29/h2-7,10-11,17,19H,8-9,12-13,30H2,1H3,(H,33,34,35)/t17-,19+,27-/m1/s1. The fraction of sp³-hybridized carbons (Fsp3) is 0.296. The van der Waals surface area contributed by atoms with Crippen LogP contribution in [0.1, 0.15) is 12.0 Å². The number of piperidine rings is 1. The zero-order valence-electron chi connectivity index (χ0n) is 20.5. The van der Waals surface area contributed by atoms with Crippen molar-refractivity contribution in [1.82, 2.24) is 29.9 Å². The third kappa shape index (κ3) is 3.16. The molecular weight excluding hydrogens is 507 g/mol. The van der Waals surface area contributed by atoms with Gasteiger partial charge in [-0.25, -0.2) is 19.0 Å². The second-order valence-corrected chi connectivity index (χ2v) is 10.5. The molecular formula is C27H24ClFN8O. The molecule has 9 nitrogen and oxygen atoms in total. The lowest BCUT2D eigenvalue weighted by Gasteiger charge is -2.26. The number of rotatable bonds is 4. The Hall–Kier alpha value is -3.89. The normalized spacial score (nSPS) is 22.7. The number of nitrogens with two attached hydrogens (primary N) is 1. The summed E-state index contributed by atoms with van der Waals surface area (Å²) in [6, 6.07) is 10.5. The first-order valence-corrected chi connectivity index (χ1v) is 12.9. The Balaban J connectivity index is 1.21. The molecule has 4 heterocycles. The number of hydrogen-bond acceptors (Lipinski definition) is 7. The van der Waals surface area contributed by atoms with E-state index in [1.807, 2.05) is 12.1 Å². The van der Waals surface area contributed by atoms with E-state index in [1.54, 1.807) is 37.6 Å². The molecule has 0 amide bonds. The van der Waals surface area contributed by atoms with Crippen LogP contribution in [0.25, 0.3) is 33.2 Å². The zero-order valence-corrected chi connectivity index (χ0v) is 21.3. The van der Waals surface area contributed by atoms with E-state index in [0.29, 0.717) is 50.7 Å². The Morgan fingerprint density at radius 2 is 2.03 bits per heavy atom. The van der Waals surface area contributed by atoms with Gasteiger partial charge < -0.3 is 10.6 Å². The summed E-state index contributed by atoms with van der Waals surface area (Å²) < 4.78 is 16.0. The minimum Gasteiger partial charge on any atom is -0.355 e. The molecule has 3 atom stereocenters. The van der Waals surface area contributed by atoms with Crippen molar-refractivity contribution in [3.05, 3.63) is 75.5 Å². The van der Waals surface area contributed by atoms with E-state index in [9.17, 15) is 9.18 Å². The monoisotopic (exact) mass is 530 g/mol. The molecule has 11 heteroatoms. The third-order valence-corrected chi connectivity index (χ3v) is 8.85. The maximum atomic E-state index is 14.7. The molecule has 192 valence electrons. The maximum Gasteiger partial charge on any atom is 0.274 e. The Morgan fingerprint density at radius 3 is 2.84 bits per heavy atom. The van der Waals surface area contributed by atoms with Crippen LogP contribution in [0.5, 0.6) is 0 Å². The van der Waals surface area contributed by atoms with Gasteiger partial charge in [0.15, 0.2) is 5.65 Å². The van der Waals surface area contributed by atoms with Crippen molar-refractivity contribution in [1.29, 1.82) is 0 Å². The van der Waals surface area contributed by atoms with Crippen LogP contribution < -0.4 is 16.2 Å². The molecule has 0 unspecified atom stereocenters. The van der Waals surface area contributed by atoms with Gasteiger partial charge in [0.25, 0.3) is 5.56 Å². The topological polar surface area (TPSA) is 119 Å². The molecule has 5 aromatic rings. The molecule has 1 aliphatic heterocycles. The van der Waals surface area contributed by atoms with Crippen molar-refractivity contribution >= 4 is 39.4 Å². The number of anilines is 1. The Bertz CT molecular complexity index is 1800. The number of fused-ring (bicyclic) bond motifs is 3. The molecule has 1 saturated heterocycles. The van der Waals surface area contributed by atoms with Crippen LogP contribution in [0, 0.1) is 17.7 Å². The van der Waals surface area contributed by atoms with Gasteiger partial charge in [0.05, 0.1) is 22.8 Å². The maximum absolute atomic E-state index is 14.7. The van der Waals surface area contributed by atoms with Crippen LogP contribution in [-0.2, 0) is 12.5 Å². The summed E-state index contributed by atoms with van der Waals surface area (Å²) in [4.78, 5) is 24.1. The van der Waals surface area contributed by atoms with Crippen LogP contribution in [0.3, 0.4) is 0 Å². The average molecular weight is 531 g/mol. The largest absolute Gasteiger partial charge is 0.355 e. The second kappa shape index (κ2) is 8.31. The fourth-order valence-corrected chi connectivity index (χ4v) is 6.73. The number of hydrogen-bond donors (Lipinski definition) is 2. The number of halogens is 2. The van der Waals surface area contributed by atoms with Gasteiger partial charge in [0.2, 0.25) is 0 Å². The van der Waals surface area contributed by atoms with E-state index in [2.05, 4.69) is 20.2 Å². The minimum atomic E-state index is -0.332. The zero-order chi connectivity index (χ0) is 26.2. The van der Waals surface area contributed by atoms with Gasteiger partial charge in [0, 0.05) is 43.0 Å². The Morgan fingerprint density at radius 1 is 1.18 bits per heavy atom. The van der Waals surface area contributed by atoms with Gasteiger partial charge in [-0.15, -0.1) is 0 Å². The first-order chi connectivity index (χ1) is 18.4. The summed E-state index contributed by atoms with van der Waals surface area (Å²) in [6.07, 6.45) is 4.22. The highest BCUT2D eigenvalue weighted by Crippen LogP contribution is 2.63. The highest BCUT2D eigenvalue weighted by Gasteiger charge is 2.66. The number of aromatic nitrogens is 6. The highest BCUT2D eigenvalue weighted by molar-refractivity contribution is 6.38. The summed E-state index contributed by atoms with van der Waals surface area (Å²) in [5, 5.41) is 13.0. The molecule has 3 aromatic heterocycles. The lowest BCUT2D eigenvalue weighted by molar-refractivity contribution is 0.533. The van der Waals surface area contributed by atoms with Crippen molar-refractivity contribution < 1.29 is 4.39 Å². The highest BCUT2D eigenvalue weighted by atomic mass is 35.5. The third-order valence-electron chi connectivity index (χ3n) is 8.44. The molecule has 7 rings (SSSR count). The molecule has 2 aromatic carbocycles. The summed E-state index contributed by atoms with van der Waals surface area (Å²) in [5.74, 6) is 1.16. The number of nitrogens with zero attached hydrogens (tertiary/aromatic N) is 6. The Labute approximate surface area is 221 Å². The van der Waals surface area contributed by atoms with E-state index >= 15 is 0 Å². The molecule has 0 spiro atoms. The Kier molecular flexibility index (Phi) is 5.08. The van der Waals surface area contributed by atoms with Crippen LogP contribution in [-0.4, -0.2) is 49.6 Å². The van der Waals surface area contributed by atoms with Gasteiger partial charge in [-0.1, -0.05) is 35.9 Å². The van der Waals surface area contributed by atoms with Gasteiger partial charge in [-0.2, -0.15) is 10.2 Å². The van der Waals surface area contributed by atoms with E-state index < -0.39 is 0 Å². The number of aromatic amines is 1. The van der Waals surface area contributed by atoms with E-state index in [4.69, 9.17) is 27.3 Å². The number of benzene rings is 2. The van der Waals surface area contributed by atoms with Crippen molar-refractivity contribution in [2.24, 2.45) is 24.6 Å². The predicted molar refractivity (Wildman–Crippen MR) is 144 cm³/mol. The molecule has 1 saturated carbocycles. The molecule has 0 bridgehead atoms. The molecule has 2 fully saturated rings. The number of aryl methyl sites for hydroxylation is 1. The minimum absolute atomic E-state index is 0.186. The van der Waals surface area contributed by atoms with Crippen LogP contribution in [0.2, 0.25) is 5.02 Å². The lowest BCUT2D eigenvalue weighted by atomic mass is 9.91. The van der Waals surface area contributed by atoms with Gasteiger partial charge in [-0.05, 0) is 36.0 Å². The van der Waals surface area contributed by atoms with Gasteiger partial charge >= 0.3 is 0 Å². The van der Waals surface area contributed by atoms with Gasteiger partial charge in [-0.3, -0.25) is 9.89 Å². The molecule has 2 aliphatic rings. The van der Waals surface area contributed by atoms with E-state index in [0.717, 1.165) is 30.9 Å². The van der Waals surface area contributed by atoms with Crippen LogP contribution >= 0.6 is 11.6 Å². The van der Waals surface area contributed by atoms with Gasteiger partial charge in [0.1, 0.15) is 22.8 Å². The first kappa shape index (κ1) is 23.2. The quantitative estimate of drug-likeness (QED) is 0.365. The van der Waals surface area contributed by atoms with E-state index in [-0.39, 0.29) is 22.7 Å². The summed E-state index contributed by atoms with van der Waals surface area (Å²) in [7, 11) is 1.60. The van der Waals surface area contributed by atoms with Crippen molar-refractivity contribution in [2.75, 3.05) is 24.5 Å². The van der Waals surface area contributed by atoms with Crippen molar-refractivity contribution in [3.63, 3.8) is 0 Å². The number of H-pyrrole nitrogens is 1. The summed E-state index contributed by atoms with van der Waals surface area (Å²) in [6.45, 7) is 1.94. The van der Waals surface area contributed by atoms with Crippen LogP contribution in [0.4, 0.5) is 10.2 Å². The molecule has 1 aliphatic carbocycles. The van der Waals surface area contributed by atoms with Crippen LogP contribution in [0.15, 0.2) is 53.6 Å². The summed E-state index contributed by atoms with van der Waals surface area (Å²) >= 11 is 6.70. The molecule has 3 N–H and O–H groups in total.